The van der Waals surface area contributed by atoms with E-state index in [2.05, 4.69) is 0 Å². The molecule has 2 heteroatoms. The fourth-order valence-corrected chi connectivity index (χ4v) is 0.813. The van der Waals surface area contributed by atoms with Crippen molar-refractivity contribution in [2.24, 2.45) is 0 Å². The zero-order valence-corrected chi connectivity index (χ0v) is 5.84. The standard InChI is InChI=1S/C7H14O2/c1-6(8)5-9-7-3-2-4-7/h6-8H,2-5H2,1H3/t6-/m0/s1. The molecule has 0 saturated heterocycles. The first-order valence-electron chi connectivity index (χ1n) is 3.58. The second kappa shape index (κ2) is 3.18. The first-order chi connectivity index (χ1) is 4.29. The molecule has 0 aromatic rings. The van der Waals surface area contributed by atoms with E-state index in [4.69, 9.17) is 9.84 Å². The van der Waals surface area contributed by atoms with Crippen molar-refractivity contribution in [3.05, 3.63) is 0 Å². The Morgan fingerprint density at radius 1 is 1.67 bits per heavy atom. The van der Waals surface area contributed by atoms with Gasteiger partial charge in [0.1, 0.15) is 0 Å². The summed E-state index contributed by atoms with van der Waals surface area (Å²) in [6, 6.07) is 0. The number of ether oxygens (including phenoxy) is 1. The van der Waals surface area contributed by atoms with Crippen LogP contribution in [0.15, 0.2) is 0 Å². The Morgan fingerprint density at radius 3 is 2.67 bits per heavy atom. The van der Waals surface area contributed by atoms with Gasteiger partial charge >= 0.3 is 0 Å². The average Bonchev–Trinajstić information content (AvgIpc) is 1.60. The SMILES string of the molecule is C[C@H](O)COC1CCC1. The van der Waals surface area contributed by atoms with E-state index in [-0.39, 0.29) is 6.10 Å². The normalized spacial score (nSPS) is 23.3. The molecule has 1 aliphatic carbocycles. The Morgan fingerprint density at radius 2 is 2.33 bits per heavy atom. The Hall–Kier alpha value is -0.0800. The molecule has 9 heavy (non-hydrogen) atoms. The molecule has 2 nitrogen and oxygen atoms in total. The van der Waals surface area contributed by atoms with Crippen molar-refractivity contribution in [2.75, 3.05) is 6.61 Å². The van der Waals surface area contributed by atoms with Crippen LogP contribution in [0.1, 0.15) is 26.2 Å². The van der Waals surface area contributed by atoms with E-state index in [0.717, 1.165) is 0 Å². The lowest BCUT2D eigenvalue weighted by molar-refractivity contribution is -0.0368. The van der Waals surface area contributed by atoms with Crippen LogP contribution in [0.2, 0.25) is 0 Å². The molecule has 1 N–H and O–H groups in total. The number of aliphatic hydroxyl groups excluding tert-OH is 1. The highest BCUT2D eigenvalue weighted by Gasteiger charge is 2.17. The third-order valence-corrected chi connectivity index (χ3v) is 1.63. The minimum atomic E-state index is -0.300. The van der Waals surface area contributed by atoms with Crippen molar-refractivity contribution in [3.8, 4) is 0 Å². The Balaban J connectivity index is 1.91. The van der Waals surface area contributed by atoms with Gasteiger partial charge in [0.15, 0.2) is 0 Å². The van der Waals surface area contributed by atoms with E-state index < -0.39 is 0 Å². The van der Waals surface area contributed by atoms with Gasteiger partial charge in [0.2, 0.25) is 0 Å². The van der Waals surface area contributed by atoms with E-state index in [9.17, 15) is 0 Å². The molecule has 1 saturated carbocycles. The van der Waals surface area contributed by atoms with Crippen LogP contribution in [-0.2, 0) is 4.74 Å². The van der Waals surface area contributed by atoms with Gasteiger partial charge in [-0.1, -0.05) is 0 Å². The van der Waals surface area contributed by atoms with Crippen LogP contribution in [0.4, 0.5) is 0 Å². The van der Waals surface area contributed by atoms with Crippen LogP contribution < -0.4 is 0 Å². The Labute approximate surface area is 55.8 Å². The van der Waals surface area contributed by atoms with Gasteiger partial charge in [-0.2, -0.15) is 0 Å². The van der Waals surface area contributed by atoms with Crippen molar-refractivity contribution in [1.29, 1.82) is 0 Å². The van der Waals surface area contributed by atoms with Crippen molar-refractivity contribution in [3.63, 3.8) is 0 Å². The van der Waals surface area contributed by atoms with Gasteiger partial charge in [-0.25, -0.2) is 0 Å². The highest BCUT2D eigenvalue weighted by molar-refractivity contribution is 4.69. The smallest absolute Gasteiger partial charge is 0.0745 e. The number of aliphatic hydroxyl groups is 1. The zero-order chi connectivity index (χ0) is 6.69. The van der Waals surface area contributed by atoms with Crippen molar-refractivity contribution in [2.45, 2.75) is 38.4 Å². The summed E-state index contributed by atoms with van der Waals surface area (Å²) in [5.74, 6) is 0. The van der Waals surface area contributed by atoms with Crippen molar-refractivity contribution >= 4 is 0 Å². The molecular weight excluding hydrogens is 116 g/mol. The third kappa shape index (κ3) is 2.33. The van der Waals surface area contributed by atoms with Crippen LogP contribution in [0, 0.1) is 0 Å². The third-order valence-electron chi connectivity index (χ3n) is 1.63. The summed E-state index contributed by atoms with van der Waals surface area (Å²) in [4.78, 5) is 0. The van der Waals surface area contributed by atoms with Crippen LogP contribution >= 0.6 is 0 Å². The maximum absolute atomic E-state index is 8.80. The quantitative estimate of drug-likeness (QED) is 0.616. The number of hydrogen-bond donors (Lipinski definition) is 1. The molecular formula is C7H14O2. The number of rotatable bonds is 3. The molecule has 0 bridgehead atoms. The van der Waals surface area contributed by atoms with E-state index in [1.54, 1.807) is 6.92 Å². The molecule has 54 valence electrons. The molecule has 1 fully saturated rings. The highest BCUT2D eigenvalue weighted by Crippen LogP contribution is 2.21. The maximum Gasteiger partial charge on any atom is 0.0745 e. The zero-order valence-electron chi connectivity index (χ0n) is 5.84. The lowest BCUT2D eigenvalue weighted by Crippen LogP contribution is -2.25. The van der Waals surface area contributed by atoms with Crippen LogP contribution in [0.25, 0.3) is 0 Å². The Bertz CT molecular complexity index is 77.0. The first-order valence-corrected chi connectivity index (χ1v) is 3.58. The van der Waals surface area contributed by atoms with Crippen LogP contribution in [0.5, 0.6) is 0 Å². The second-order valence-electron chi connectivity index (χ2n) is 2.74. The number of hydrogen-bond acceptors (Lipinski definition) is 2. The monoisotopic (exact) mass is 130 g/mol. The van der Waals surface area contributed by atoms with Gasteiger partial charge < -0.3 is 9.84 Å². The highest BCUT2D eigenvalue weighted by atomic mass is 16.5. The Kier molecular flexibility index (Phi) is 2.49. The second-order valence-corrected chi connectivity index (χ2v) is 2.74. The van der Waals surface area contributed by atoms with Gasteiger partial charge in [0.05, 0.1) is 18.8 Å². The molecule has 0 aromatic heterocycles. The fraction of sp³-hybridized carbons (Fsp3) is 1.00. The summed E-state index contributed by atoms with van der Waals surface area (Å²) in [6.07, 6.45) is 3.83. The molecule has 0 aromatic carbocycles. The van der Waals surface area contributed by atoms with E-state index >= 15 is 0 Å². The predicted molar refractivity (Wildman–Crippen MR) is 35.3 cm³/mol. The minimum absolute atomic E-state index is 0.300. The molecule has 1 rings (SSSR count). The van der Waals surface area contributed by atoms with Gasteiger partial charge in [-0.3, -0.25) is 0 Å². The molecule has 0 amide bonds. The van der Waals surface area contributed by atoms with Gasteiger partial charge in [0.25, 0.3) is 0 Å². The minimum Gasteiger partial charge on any atom is -0.391 e. The maximum atomic E-state index is 8.80. The topological polar surface area (TPSA) is 29.5 Å². The lowest BCUT2D eigenvalue weighted by Gasteiger charge is -2.25. The molecule has 1 atom stereocenters. The summed E-state index contributed by atoms with van der Waals surface area (Å²) in [5.41, 5.74) is 0. The fourth-order valence-electron chi connectivity index (χ4n) is 0.813. The van der Waals surface area contributed by atoms with Gasteiger partial charge in [0, 0.05) is 0 Å². The molecule has 0 radical (unpaired) electrons. The van der Waals surface area contributed by atoms with E-state index in [1.807, 2.05) is 0 Å². The largest absolute Gasteiger partial charge is 0.391 e. The van der Waals surface area contributed by atoms with Crippen molar-refractivity contribution < 1.29 is 9.84 Å². The summed E-state index contributed by atoms with van der Waals surface area (Å²) < 4.78 is 5.29. The molecule has 0 unspecified atom stereocenters. The van der Waals surface area contributed by atoms with E-state index in [1.165, 1.54) is 19.3 Å². The predicted octanol–water partition coefficient (Wildman–Crippen LogP) is 0.936. The lowest BCUT2D eigenvalue weighted by atomic mass is 9.96. The summed E-state index contributed by atoms with van der Waals surface area (Å²) in [7, 11) is 0. The molecule has 0 aliphatic heterocycles. The summed E-state index contributed by atoms with van der Waals surface area (Å²) in [5, 5.41) is 8.80. The van der Waals surface area contributed by atoms with Gasteiger partial charge in [-0.15, -0.1) is 0 Å². The van der Waals surface area contributed by atoms with Crippen LogP contribution in [-0.4, -0.2) is 23.9 Å². The molecule has 0 spiro atoms. The van der Waals surface area contributed by atoms with Crippen molar-refractivity contribution in [1.82, 2.24) is 0 Å². The molecule has 0 heterocycles. The first kappa shape index (κ1) is 7.03. The molecule has 1 aliphatic rings. The summed E-state index contributed by atoms with van der Waals surface area (Å²) >= 11 is 0. The summed E-state index contributed by atoms with van der Waals surface area (Å²) in [6.45, 7) is 2.25. The van der Waals surface area contributed by atoms with E-state index in [0.29, 0.717) is 12.7 Å². The van der Waals surface area contributed by atoms with Gasteiger partial charge in [-0.05, 0) is 26.2 Å². The average molecular weight is 130 g/mol. The van der Waals surface area contributed by atoms with Crippen LogP contribution in [0.3, 0.4) is 0 Å².